The molecule has 1 aromatic carbocycles. The average molecular weight is 274 g/mol. The highest BCUT2D eigenvalue weighted by atomic mass is 15.2. The van der Waals surface area contributed by atoms with Crippen LogP contribution in [0, 0.1) is 0 Å². The summed E-state index contributed by atoms with van der Waals surface area (Å²) < 4.78 is 1.85. The van der Waals surface area contributed by atoms with Crippen LogP contribution in [0.4, 0.5) is 0 Å². The molecule has 4 rings (SSSR count). The first-order valence-corrected chi connectivity index (χ1v) is 6.85. The van der Waals surface area contributed by atoms with Crippen molar-refractivity contribution in [3.63, 3.8) is 0 Å². The Kier molecular flexibility index (Phi) is 2.69. The van der Waals surface area contributed by atoms with Crippen LogP contribution in [0.5, 0.6) is 0 Å². The minimum Gasteiger partial charge on any atom is -0.320 e. The molecule has 1 atom stereocenters. The SMILES string of the molecule is NC(c1cccc2cnccc12)c1cnn2ccccc12. The van der Waals surface area contributed by atoms with E-state index in [0.29, 0.717) is 0 Å². The lowest BCUT2D eigenvalue weighted by atomic mass is 9.96. The molecular formula is C17H14N4. The zero-order chi connectivity index (χ0) is 14.2. The van der Waals surface area contributed by atoms with Crippen LogP contribution >= 0.6 is 0 Å². The largest absolute Gasteiger partial charge is 0.320 e. The number of fused-ring (bicyclic) bond motifs is 2. The highest BCUT2D eigenvalue weighted by molar-refractivity contribution is 5.86. The lowest BCUT2D eigenvalue weighted by Crippen LogP contribution is -2.12. The number of hydrogen-bond acceptors (Lipinski definition) is 3. The van der Waals surface area contributed by atoms with Crippen molar-refractivity contribution >= 4 is 16.3 Å². The molecular weight excluding hydrogens is 260 g/mol. The van der Waals surface area contributed by atoms with Gasteiger partial charge in [0, 0.05) is 29.5 Å². The third-order valence-electron chi connectivity index (χ3n) is 3.84. The van der Waals surface area contributed by atoms with Gasteiger partial charge in [0.1, 0.15) is 0 Å². The summed E-state index contributed by atoms with van der Waals surface area (Å²) in [7, 11) is 0. The summed E-state index contributed by atoms with van der Waals surface area (Å²) in [5, 5.41) is 6.60. The maximum absolute atomic E-state index is 6.52. The minimum absolute atomic E-state index is 0.212. The topological polar surface area (TPSA) is 56.2 Å². The lowest BCUT2D eigenvalue weighted by molar-refractivity contribution is 0.889. The Morgan fingerprint density at radius 2 is 1.90 bits per heavy atom. The van der Waals surface area contributed by atoms with E-state index in [4.69, 9.17) is 5.73 Å². The molecule has 0 fully saturated rings. The Balaban J connectivity index is 1.92. The number of aromatic nitrogens is 3. The number of benzene rings is 1. The van der Waals surface area contributed by atoms with Crippen molar-refractivity contribution in [2.75, 3.05) is 0 Å². The molecule has 0 aliphatic carbocycles. The fraction of sp³-hybridized carbons (Fsp3) is 0.0588. The van der Waals surface area contributed by atoms with Crippen molar-refractivity contribution in [1.82, 2.24) is 14.6 Å². The van der Waals surface area contributed by atoms with Gasteiger partial charge in [0.15, 0.2) is 0 Å². The van der Waals surface area contributed by atoms with Crippen molar-refractivity contribution in [1.29, 1.82) is 0 Å². The van der Waals surface area contributed by atoms with Crippen LogP contribution in [0.3, 0.4) is 0 Å². The van der Waals surface area contributed by atoms with Crippen LogP contribution in [0.2, 0.25) is 0 Å². The predicted octanol–water partition coefficient (Wildman–Crippen LogP) is 2.93. The van der Waals surface area contributed by atoms with Crippen molar-refractivity contribution in [2.24, 2.45) is 5.73 Å². The first kappa shape index (κ1) is 12.1. The van der Waals surface area contributed by atoms with Crippen molar-refractivity contribution in [2.45, 2.75) is 6.04 Å². The Morgan fingerprint density at radius 1 is 0.952 bits per heavy atom. The Hall–Kier alpha value is -2.72. The summed E-state index contributed by atoms with van der Waals surface area (Å²) in [5.74, 6) is 0. The highest BCUT2D eigenvalue weighted by Crippen LogP contribution is 2.28. The normalized spacial score (nSPS) is 12.8. The second-order valence-electron chi connectivity index (χ2n) is 5.05. The summed E-state index contributed by atoms with van der Waals surface area (Å²) in [6.07, 6.45) is 7.44. The van der Waals surface area contributed by atoms with Crippen LogP contribution in [-0.4, -0.2) is 14.6 Å². The molecule has 21 heavy (non-hydrogen) atoms. The third kappa shape index (κ3) is 1.88. The van der Waals surface area contributed by atoms with Gasteiger partial charge >= 0.3 is 0 Å². The van der Waals surface area contributed by atoms with E-state index in [0.717, 1.165) is 27.4 Å². The summed E-state index contributed by atoms with van der Waals surface area (Å²) in [6, 6.07) is 13.9. The molecule has 0 aliphatic heterocycles. The van der Waals surface area contributed by atoms with Gasteiger partial charge in [0.05, 0.1) is 17.8 Å². The van der Waals surface area contributed by atoms with Crippen molar-refractivity contribution in [3.05, 3.63) is 78.4 Å². The number of nitrogens with two attached hydrogens (primary N) is 1. The summed E-state index contributed by atoms with van der Waals surface area (Å²) in [5.41, 5.74) is 9.68. The quantitative estimate of drug-likeness (QED) is 0.611. The lowest BCUT2D eigenvalue weighted by Gasteiger charge is -2.13. The van der Waals surface area contributed by atoms with Gasteiger partial charge in [-0.1, -0.05) is 24.3 Å². The number of pyridine rings is 2. The molecule has 0 saturated carbocycles. The molecule has 1 unspecified atom stereocenters. The van der Waals surface area contributed by atoms with Crippen molar-refractivity contribution in [3.8, 4) is 0 Å². The van der Waals surface area contributed by atoms with Crippen LogP contribution in [-0.2, 0) is 0 Å². The fourth-order valence-electron chi connectivity index (χ4n) is 2.78. The standard InChI is InChI=1S/C17H14N4/c18-17(15-11-20-21-9-2-1-6-16(15)21)14-5-3-4-12-10-19-8-7-13(12)14/h1-11,17H,18H2. The van der Waals surface area contributed by atoms with Gasteiger partial charge in [0.2, 0.25) is 0 Å². The molecule has 3 heterocycles. The van der Waals surface area contributed by atoms with E-state index in [2.05, 4.69) is 22.2 Å². The molecule has 0 aliphatic rings. The van der Waals surface area contributed by atoms with Gasteiger partial charge in [-0.05, 0) is 29.1 Å². The maximum Gasteiger partial charge on any atom is 0.0712 e. The maximum atomic E-state index is 6.52. The van der Waals surface area contributed by atoms with Gasteiger partial charge in [-0.25, -0.2) is 4.52 Å². The van der Waals surface area contributed by atoms with Gasteiger partial charge in [-0.3, -0.25) is 4.98 Å². The average Bonchev–Trinajstić information content (AvgIpc) is 2.98. The van der Waals surface area contributed by atoms with E-state index in [9.17, 15) is 0 Å². The molecule has 0 radical (unpaired) electrons. The smallest absolute Gasteiger partial charge is 0.0712 e. The fourth-order valence-corrected chi connectivity index (χ4v) is 2.78. The first-order chi connectivity index (χ1) is 10.3. The monoisotopic (exact) mass is 274 g/mol. The van der Waals surface area contributed by atoms with E-state index in [1.165, 1.54) is 0 Å². The van der Waals surface area contributed by atoms with E-state index < -0.39 is 0 Å². The predicted molar refractivity (Wildman–Crippen MR) is 83.0 cm³/mol. The second kappa shape index (κ2) is 4.68. The first-order valence-electron chi connectivity index (χ1n) is 6.85. The molecule has 2 N–H and O–H groups in total. The van der Waals surface area contributed by atoms with E-state index in [-0.39, 0.29) is 6.04 Å². The summed E-state index contributed by atoms with van der Waals surface area (Å²) in [6.45, 7) is 0. The van der Waals surface area contributed by atoms with Crippen LogP contribution in [0.25, 0.3) is 16.3 Å². The molecule has 0 spiro atoms. The van der Waals surface area contributed by atoms with E-state index in [1.54, 1.807) is 6.20 Å². The minimum atomic E-state index is -0.212. The van der Waals surface area contributed by atoms with Crippen LogP contribution in [0.1, 0.15) is 17.2 Å². The highest BCUT2D eigenvalue weighted by Gasteiger charge is 2.16. The molecule has 0 saturated heterocycles. The van der Waals surface area contributed by atoms with E-state index in [1.807, 2.05) is 53.4 Å². The molecule has 4 heteroatoms. The Labute approximate surface area is 121 Å². The van der Waals surface area contributed by atoms with Crippen molar-refractivity contribution < 1.29 is 0 Å². The number of rotatable bonds is 2. The van der Waals surface area contributed by atoms with Gasteiger partial charge < -0.3 is 5.73 Å². The second-order valence-corrected chi connectivity index (χ2v) is 5.05. The van der Waals surface area contributed by atoms with Crippen LogP contribution in [0.15, 0.2) is 67.3 Å². The number of nitrogens with zero attached hydrogens (tertiary/aromatic N) is 3. The molecule has 0 bridgehead atoms. The van der Waals surface area contributed by atoms with Gasteiger partial charge in [-0.15, -0.1) is 0 Å². The Morgan fingerprint density at radius 3 is 2.86 bits per heavy atom. The molecule has 102 valence electrons. The molecule has 4 aromatic rings. The molecule has 4 nitrogen and oxygen atoms in total. The zero-order valence-electron chi connectivity index (χ0n) is 11.3. The summed E-state index contributed by atoms with van der Waals surface area (Å²) >= 11 is 0. The van der Waals surface area contributed by atoms with Crippen LogP contribution < -0.4 is 5.73 Å². The zero-order valence-corrected chi connectivity index (χ0v) is 11.3. The molecule has 3 aromatic heterocycles. The number of hydrogen-bond donors (Lipinski definition) is 1. The van der Waals surface area contributed by atoms with Gasteiger partial charge in [-0.2, -0.15) is 5.10 Å². The molecule has 0 amide bonds. The third-order valence-corrected chi connectivity index (χ3v) is 3.84. The summed E-state index contributed by atoms with van der Waals surface area (Å²) in [4.78, 5) is 4.17. The van der Waals surface area contributed by atoms with Gasteiger partial charge in [0.25, 0.3) is 0 Å². The van der Waals surface area contributed by atoms with E-state index >= 15 is 0 Å². The Bertz CT molecular complexity index is 921.